The fraction of sp³-hybridized carbons (Fsp3) is 0.455. The highest BCUT2D eigenvalue weighted by atomic mass is 16.5. The zero-order valence-corrected chi connectivity index (χ0v) is 15.3. The van der Waals surface area contributed by atoms with Crippen LogP contribution in [0.25, 0.3) is 0 Å². The third-order valence-electron chi connectivity index (χ3n) is 5.10. The largest absolute Gasteiger partial charge is 0.508 e. The summed E-state index contributed by atoms with van der Waals surface area (Å²) in [5, 5.41) is 18.3. The Morgan fingerprint density at radius 1 is 1.04 bits per heavy atom. The van der Waals surface area contributed by atoms with E-state index < -0.39 is 0 Å². The predicted octanol–water partition coefficient (Wildman–Crippen LogP) is 3.75. The van der Waals surface area contributed by atoms with Crippen LogP contribution in [-0.2, 0) is 13.0 Å². The monoisotopic (exact) mass is 355 g/mol. The first-order chi connectivity index (χ1) is 12.7. The maximum atomic E-state index is 9.42. The summed E-state index contributed by atoms with van der Waals surface area (Å²) in [7, 11) is 0. The Morgan fingerprint density at radius 3 is 2.69 bits per heavy atom. The summed E-state index contributed by atoms with van der Waals surface area (Å²) >= 11 is 0. The molecule has 0 saturated carbocycles. The van der Waals surface area contributed by atoms with Gasteiger partial charge in [0, 0.05) is 12.6 Å². The Hall–Kier alpha value is -2.04. The van der Waals surface area contributed by atoms with E-state index in [1.54, 1.807) is 12.1 Å². The number of piperidine rings is 1. The fourth-order valence-electron chi connectivity index (χ4n) is 3.72. The Labute approximate surface area is 156 Å². The second kappa shape index (κ2) is 9.60. The van der Waals surface area contributed by atoms with E-state index in [4.69, 9.17) is 9.84 Å². The first-order valence-corrected chi connectivity index (χ1v) is 9.59. The molecule has 0 spiro atoms. The van der Waals surface area contributed by atoms with Crippen molar-refractivity contribution in [2.45, 2.75) is 44.7 Å². The molecule has 0 unspecified atom stereocenters. The molecule has 1 fully saturated rings. The second-order valence-corrected chi connectivity index (χ2v) is 7.04. The maximum Gasteiger partial charge on any atom is 0.119 e. The lowest BCUT2D eigenvalue weighted by atomic mass is 9.95. The molecule has 4 heteroatoms. The van der Waals surface area contributed by atoms with Crippen LogP contribution in [0.1, 0.15) is 36.8 Å². The number of aliphatic hydroxyl groups excluding tert-OH is 1. The highest BCUT2D eigenvalue weighted by Gasteiger charge is 2.22. The van der Waals surface area contributed by atoms with Gasteiger partial charge < -0.3 is 14.9 Å². The van der Waals surface area contributed by atoms with Crippen LogP contribution in [0.4, 0.5) is 0 Å². The average Bonchev–Trinajstić information content (AvgIpc) is 2.67. The normalized spacial score (nSPS) is 18.0. The van der Waals surface area contributed by atoms with Gasteiger partial charge in [-0.1, -0.05) is 30.7 Å². The van der Waals surface area contributed by atoms with E-state index in [1.807, 2.05) is 24.3 Å². The first-order valence-electron chi connectivity index (χ1n) is 9.59. The number of aliphatic hydroxyl groups is 1. The van der Waals surface area contributed by atoms with Crippen LogP contribution in [0.15, 0.2) is 48.5 Å². The van der Waals surface area contributed by atoms with E-state index in [0.29, 0.717) is 18.4 Å². The van der Waals surface area contributed by atoms with E-state index >= 15 is 0 Å². The van der Waals surface area contributed by atoms with Crippen molar-refractivity contribution in [2.75, 3.05) is 19.8 Å². The predicted molar refractivity (Wildman–Crippen MR) is 103 cm³/mol. The van der Waals surface area contributed by atoms with Gasteiger partial charge in [0.15, 0.2) is 0 Å². The second-order valence-electron chi connectivity index (χ2n) is 7.04. The van der Waals surface area contributed by atoms with Crippen molar-refractivity contribution >= 4 is 0 Å². The third kappa shape index (κ3) is 5.48. The van der Waals surface area contributed by atoms with Crippen LogP contribution in [0.3, 0.4) is 0 Å². The molecule has 2 aromatic rings. The summed E-state index contributed by atoms with van der Waals surface area (Å²) in [4.78, 5) is 2.59. The number of benzene rings is 2. The van der Waals surface area contributed by atoms with E-state index in [0.717, 1.165) is 31.7 Å². The van der Waals surface area contributed by atoms with Crippen molar-refractivity contribution in [3.8, 4) is 11.5 Å². The number of phenolic OH excluding ortho intramolecular Hbond substituents is 1. The quantitative estimate of drug-likeness (QED) is 0.757. The van der Waals surface area contributed by atoms with E-state index in [-0.39, 0.29) is 6.61 Å². The van der Waals surface area contributed by atoms with Crippen molar-refractivity contribution in [2.24, 2.45) is 0 Å². The molecule has 4 nitrogen and oxygen atoms in total. The molecule has 2 N–H and O–H groups in total. The zero-order chi connectivity index (χ0) is 18.2. The highest BCUT2D eigenvalue weighted by Crippen LogP contribution is 2.25. The standard InChI is InChI=1S/C22H29NO3/c24-14-15-26-22-6-3-4-19(16-22)17-23-13-2-1-5-20(23)10-7-18-8-11-21(25)12-9-18/h3-4,6,8-9,11-12,16,20,24-25H,1-2,5,7,10,13-15,17H2/t20-/m0/s1. The van der Waals surface area contributed by atoms with Crippen LogP contribution < -0.4 is 4.74 Å². The van der Waals surface area contributed by atoms with E-state index in [9.17, 15) is 5.11 Å². The van der Waals surface area contributed by atoms with Crippen molar-refractivity contribution in [1.29, 1.82) is 0 Å². The summed E-state index contributed by atoms with van der Waals surface area (Å²) < 4.78 is 5.54. The number of nitrogens with zero attached hydrogens (tertiary/aromatic N) is 1. The van der Waals surface area contributed by atoms with Gasteiger partial charge in [0.1, 0.15) is 18.1 Å². The van der Waals surface area contributed by atoms with Gasteiger partial charge in [0.2, 0.25) is 0 Å². The van der Waals surface area contributed by atoms with Crippen molar-refractivity contribution in [3.63, 3.8) is 0 Å². The molecule has 1 saturated heterocycles. The van der Waals surface area contributed by atoms with Gasteiger partial charge in [-0.05, 0) is 67.6 Å². The molecule has 140 valence electrons. The van der Waals surface area contributed by atoms with Crippen LogP contribution >= 0.6 is 0 Å². The first kappa shape index (κ1) is 18.7. The van der Waals surface area contributed by atoms with Crippen molar-refractivity contribution in [3.05, 3.63) is 59.7 Å². The molecule has 1 aliphatic heterocycles. The molecule has 1 aliphatic rings. The topological polar surface area (TPSA) is 52.9 Å². The lowest BCUT2D eigenvalue weighted by molar-refractivity contribution is 0.132. The Balaban J connectivity index is 1.58. The number of ether oxygens (including phenoxy) is 1. The zero-order valence-electron chi connectivity index (χ0n) is 15.3. The molecule has 1 heterocycles. The van der Waals surface area contributed by atoms with Gasteiger partial charge in [-0.15, -0.1) is 0 Å². The van der Waals surface area contributed by atoms with Gasteiger partial charge >= 0.3 is 0 Å². The molecule has 3 rings (SSSR count). The minimum atomic E-state index is 0.0374. The van der Waals surface area contributed by atoms with Crippen LogP contribution in [0.2, 0.25) is 0 Å². The van der Waals surface area contributed by atoms with Crippen LogP contribution in [0.5, 0.6) is 11.5 Å². The number of rotatable bonds is 8. The van der Waals surface area contributed by atoms with Gasteiger partial charge in [-0.25, -0.2) is 0 Å². The number of aryl methyl sites for hydroxylation is 1. The third-order valence-corrected chi connectivity index (χ3v) is 5.10. The van der Waals surface area contributed by atoms with Crippen LogP contribution in [-0.4, -0.2) is 40.9 Å². The highest BCUT2D eigenvalue weighted by molar-refractivity contribution is 5.29. The minimum Gasteiger partial charge on any atom is -0.508 e. The summed E-state index contributed by atoms with van der Waals surface area (Å²) in [6.07, 6.45) is 6.00. The summed E-state index contributed by atoms with van der Waals surface area (Å²) in [5.41, 5.74) is 2.55. The minimum absolute atomic E-state index is 0.0374. The summed E-state index contributed by atoms with van der Waals surface area (Å²) in [6.45, 7) is 2.46. The molecule has 0 aliphatic carbocycles. The molecule has 26 heavy (non-hydrogen) atoms. The van der Waals surface area contributed by atoms with E-state index in [1.165, 1.54) is 30.4 Å². The van der Waals surface area contributed by atoms with Gasteiger partial charge in [0.05, 0.1) is 6.61 Å². The number of hydrogen-bond donors (Lipinski definition) is 2. The van der Waals surface area contributed by atoms with Crippen molar-refractivity contribution in [1.82, 2.24) is 4.90 Å². The molecule has 0 aromatic heterocycles. The molecule has 0 radical (unpaired) electrons. The fourth-order valence-corrected chi connectivity index (χ4v) is 3.72. The molecular formula is C22H29NO3. The molecule has 0 bridgehead atoms. The van der Waals surface area contributed by atoms with Gasteiger partial charge in [-0.2, -0.15) is 0 Å². The average molecular weight is 355 g/mol. The number of aromatic hydroxyl groups is 1. The van der Waals surface area contributed by atoms with Crippen LogP contribution in [0, 0.1) is 0 Å². The molecule has 1 atom stereocenters. The Morgan fingerprint density at radius 2 is 1.88 bits per heavy atom. The Bertz CT molecular complexity index is 671. The maximum absolute atomic E-state index is 9.42. The Kier molecular flexibility index (Phi) is 6.92. The number of phenols is 1. The molecule has 2 aromatic carbocycles. The van der Waals surface area contributed by atoms with Crippen molar-refractivity contribution < 1.29 is 14.9 Å². The SMILES string of the molecule is OCCOc1cccc(CN2CCCC[C@H]2CCc2ccc(O)cc2)c1. The molecule has 0 amide bonds. The number of hydrogen-bond acceptors (Lipinski definition) is 4. The number of likely N-dealkylation sites (tertiary alicyclic amines) is 1. The lowest BCUT2D eigenvalue weighted by Gasteiger charge is -2.36. The molecular weight excluding hydrogens is 326 g/mol. The lowest BCUT2D eigenvalue weighted by Crippen LogP contribution is -2.39. The summed E-state index contributed by atoms with van der Waals surface area (Å²) in [5.74, 6) is 1.16. The van der Waals surface area contributed by atoms with E-state index in [2.05, 4.69) is 17.0 Å². The summed E-state index contributed by atoms with van der Waals surface area (Å²) in [6, 6.07) is 16.4. The van der Waals surface area contributed by atoms with Gasteiger partial charge in [0.25, 0.3) is 0 Å². The smallest absolute Gasteiger partial charge is 0.119 e. The van der Waals surface area contributed by atoms with Gasteiger partial charge in [-0.3, -0.25) is 4.90 Å².